The fraction of sp³-hybridized carbons (Fsp3) is 0.312. The van der Waals surface area contributed by atoms with Gasteiger partial charge < -0.3 is 15.4 Å². The largest absolute Gasteiger partial charge is 0.391 e. The van der Waals surface area contributed by atoms with Gasteiger partial charge in [0.2, 0.25) is 0 Å². The number of rotatable bonds is 5. The van der Waals surface area contributed by atoms with E-state index in [1.807, 2.05) is 50.2 Å². The van der Waals surface area contributed by atoms with Crippen LogP contribution < -0.4 is 5.32 Å². The summed E-state index contributed by atoms with van der Waals surface area (Å²) in [5, 5.41) is 12.7. The van der Waals surface area contributed by atoms with E-state index in [1.165, 1.54) is 0 Å². The second-order valence-electron chi connectivity index (χ2n) is 5.06. The molecule has 0 aliphatic carbocycles. The molecular weight excluding hydrogens is 252 g/mol. The molecule has 2 aromatic rings. The van der Waals surface area contributed by atoms with Gasteiger partial charge in [-0.3, -0.25) is 4.79 Å². The summed E-state index contributed by atoms with van der Waals surface area (Å²) in [6.45, 7) is 4.04. The maximum absolute atomic E-state index is 12.0. The van der Waals surface area contributed by atoms with Crippen molar-refractivity contribution < 1.29 is 9.90 Å². The molecule has 0 bridgehead atoms. The number of aliphatic hydroxyl groups is 1. The first-order chi connectivity index (χ1) is 9.56. The number of hydrogen-bond donors (Lipinski definition) is 3. The molecule has 0 aliphatic heterocycles. The summed E-state index contributed by atoms with van der Waals surface area (Å²) in [4.78, 5) is 15.0. The van der Waals surface area contributed by atoms with E-state index in [4.69, 9.17) is 0 Å². The van der Waals surface area contributed by atoms with Gasteiger partial charge in [-0.05, 0) is 31.0 Å². The first kappa shape index (κ1) is 14.3. The molecule has 0 spiro atoms. The third-order valence-corrected chi connectivity index (χ3v) is 3.19. The van der Waals surface area contributed by atoms with Gasteiger partial charge in [0.05, 0.1) is 6.10 Å². The third kappa shape index (κ3) is 3.71. The Labute approximate surface area is 118 Å². The second kappa shape index (κ2) is 6.39. The average molecular weight is 272 g/mol. The highest BCUT2D eigenvalue weighted by molar-refractivity contribution is 5.94. The van der Waals surface area contributed by atoms with Crippen LogP contribution in [0.4, 0.5) is 0 Å². The molecule has 1 unspecified atom stereocenters. The Bertz CT molecular complexity index is 575. The van der Waals surface area contributed by atoms with Crippen molar-refractivity contribution in [1.82, 2.24) is 10.3 Å². The van der Waals surface area contributed by atoms with Crippen molar-refractivity contribution in [2.24, 2.45) is 0 Å². The van der Waals surface area contributed by atoms with Crippen molar-refractivity contribution in [2.45, 2.75) is 26.4 Å². The zero-order valence-electron chi connectivity index (χ0n) is 11.8. The van der Waals surface area contributed by atoms with E-state index in [2.05, 4.69) is 10.3 Å². The fourth-order valence-electron chi connectivity index (χ4n) is 2.22. The van der Waals surface area contributed by atoms with Gasteiger partial charge in [0, 0.05) is 18.7 Å². The third-order valence-electron chi connectivity index (χ3n) is 3.19. The van der Waals surface area contributed by atoms with Crippen molar-refractivity contribution in [2.75, 3.05) is 6.54 Å². The molecule has 0 aliphatic rings. The number of H-pyrrole nitrogens is 1. The zero-order valence-corrected chi connectivity index (χ0v) is 11.8. The number of aromatic amines is 1. The zero-order chi connectivity index (χ0) is 14.5. The molecule has 4 heteroatoms. The Morgan fingerprint density at radius 1 is 1.30 bits per heavy atom. The fourth-order valence-corrected chi connectivity index (χ4v) is 2.22. The van der Waals surface area contributed by atoms with Crippen LogP contribution in [0.5, 0.6) is 0 Å². The average Bonchev–Trinajstić information content (AvgIpc) is 2.76. The Morgan fingerprint density at radius 2 is 2.00 bits per heavy atom. The van der Waals surface area contributed by atoms with Gasteiger partial charge in [-0.1, -0.05) is 30.3 Å². The highest BCUT2D eigenvalue weighted by Gasteiger charge is 2.13. The number of aliphatic hydroxyl groups excluding tert-OH is 1. The lowest BCUT2D eigenvalue weighted by Crippen LogP contribution is -2.33. The van der Waals surface area contributed by atoms with Gasteiger partial charge in [0.15, 0.2) is 0 Å². The number of benzene rings is 1. The SMILES string of the molecule is Cc1cc(C)c(C(=O)NCC(O)Cc2ccccc2)[nH]1. The Balaban J connectivity index is 1.86. The first-order valence-corrected chi connectivity index (χ1v) is 6.72. The predicted octanol–water partition coefficient (Wildman–Crippen LogP) is 1.96. The van der Waals surface area contributed by atoms with Gasteiger partial charge in [-0.25, -0.2) is 0 Å². The smallest absolute Gasteiger partial charge is 0.268 e. The van der Waals surface area contributed by atoms with E-state index in [0.29, 0.717) is 12.1 Å². The molecule has 1 aromatic heterocycles. The van der Waals surface area contributed by atoms with Crippen molar-refractivity contribution in [3.63, 3.8) is 0 Å². The van der Waals surface area contributed by atoms with Crippen LogP contribution in [0.3, 0.4) is 0 Å². The monoisotopic (exact) mass is 272 g/mol. The van der Waals surface area contributed by atoms with Crippen LogP contribution in [0.1, 0.15) is 27.3 Å². The number of carbonyl (C=O) groups is 1. The van der Waals surface area contributed by atoms with Gasteiger partial charge in [-0.2, -0.15) is 0 Å². The summed E-state index contributed by atoms with van der Waals surface area (Å²) < 4.78 is 0. The lowest BCUT2D eigenvalue weighted by molar-refractivity contribution is 0.0911. The van der Waals surface area contributed by atoms with Gasteiger partial charge >= 0.3 is 0 Å². The lowest BCUT2D eigenvalue weighted by Gasteiger charge is -2.12. The standard InChI is InChI=1S/C16H20N2O2/c1-11-8-12(2)18-15(11)16(20)17-10-14(19)9-13-6-4-3-5-7-13/h3-8,14,18-19H,9-10H2,1-2H3,(H,17,20). The molecular formula is C16H20N2O2. The number of carbonyl (C=O) groups excluding carboxylic acids is 1. The molecule has 20 heavy (non-hydrogen) atoms. The number of amides is 1. The van der Waals surface area contributed by atoms with Crippen molar-refractivity contribution in [1.29, 1.82) is 0 Å². The molecule has 106 valence electrons. The molecule has 4 nitrogen and oxygen atoms in total. The minimum absolute atomic E-state index is 0.178. The quantitative estimate of drug-likeness (QED) is 0.779. The summed E-state index contributed by atoms with van der Waals surface area (Å²) in [6, 6.07) is 11.7. The van der Waals surface area contributed by atoms with Crippen LogP contribution in [0, 0.1) is 13.8 Å². The molecule has 1 atom stereocenters. The summed E-state index contributed by atoms with van der Waals surface area (Å²) >= 11 is 0. The number of aryl methyl sites for hydroxylation is 2. The second-order valence-corrected chi connectivity index (χ2v) is 5.06. The minimum Gasteiger partial charge on any atom is -0.391 e. The highest BCUT2D eigenvalue weighted by Crippen LogP contribution is 2.08. The minimum atomic E-state index is -0.585. The van der Waals surface area contributed by atoms with Crippen LogP contribution in [0.25, 0.3) is 0 Å². The van der Waals surface area contributed by atoms with Gasteiger partial charge in [0.25, 0.3) is 5.91 Å². The molecule has 1 amide bonds. The van der Waals surface area contributed by atoms with Crippen LogP contribution in [0.15, 0.2) is 36.4 Å². The van der Waals surface area contributed by atoms with E-state index in [0.717, 1.165) is 16.8 Å². The molecule has 0 radical (unpaired) electrons. The lowest BCUT2D eigenvalue weighted by atomic mass is 10.1. The van der Waals surface area contributed by atoms with Crippen LogP contribution >= 0.6 is 0 Å². The molecule has 1 aromatic carbocycles. The van der Waals surface area contributed by atoms with E-state index < -0.39 is 6.10 Å². The molecule has 2 rings (SSSR count). The number of aromatic nitrogens is 1. The molecule has 0 saturated heterocycles. The Hall–Kier alpha value is -2.07. The summed E-state index contributed by atoms with van der Waals surface area (Å²) in [6.07, 6.45) is -0.0538. The topological polar surface area (TPSA) is 65.1 Å². The molecule has 0 saturated carbocycles. The Morgan fingerprint density at radius 3 is 2.60 bits per heavy atom. The van der Waals surface area contributed by atoms with Crippen LogP contribution in [-0.4, -0.2) is 28.6 Å². The predicted molar refractivity (Wildman–Crippen MR) is 78.8 cm³/mol. The summed E-state index contributed by atoms with van der Waals surface area (Å²) in [7, 11) is 0. The van der Waals surface area contributed by atoms with Crippen LogP contribution in [-0.2, 0) is 6.42 Å². The maximum Gasteiger partial charge on any atom is 0.268 e. The van der Waals surface area contributed by atoms with Crippen LogP contribution in [0.2, 0.25) is 0 Å². The van der Waals surface area contributed by atoms with Gasteiger partial charge in [-0.15, -0.1) is 0 Å². The normalized spacial score (nSPS) is 12.2. The van der Waals surface area contributed by atoms with E-state index in [1.54, 1.807) is 0 Å². The number of hydrogen-bond acceptors (Lipinski definition) is 2. The van der Waals surface area contributed by atoms with E-state index >= 15 is 0 Å². The Kier molecular flexibility index (Phi) is 4.58. The summed E-state index contributed by atoms with van der Waals surface area (Å²) in [5.74, 6) is -0.178. The molecule has 3 N–H and O–H groups in total. The maximum atomic E-state index is 12.0. The highest BCUT2D eigenvalue weighted by atomic mass is 16.3. The van der Waals surface area contributed by atoms with Crippen molar-refractivity contribution in [3.05, 3.63) is 58.9 Å². The molecule has 1 heterocycles. The first-order valence-electron chi connectivity index (χ1n) is 6.72. The number of nitrogens with one attached hydrogen (secondary N) is 2. The van der Waals surface area contributed by atoms with E-state index in [-0.39, 0.29) is 12.5 Å². The molecule has 0 fully saturated rings. The van der Waals surface area contributed by atoms with Gasteiger partial charge in [0.1, 0.15) is 5.69 Å². The van der Waals surface area contributed by atoms with E-state index in [9.17, 15) is 9.90 Å². The van der Waals surface area contributed by atoms with Crippen molar-refractivity contribution >= 4 is 5.91 Å². The summed E-state index contributed by atoms with van der Waals surface area (Å²) in [5.41, 5.74) is 3.49. The van der Waals surface area contributed by atoms with Crippen molar-refractivity contribution in [3.8, 4) is 0 Å².